The van der Waals surface area contributed by atoms with E-state index < -0.39 is 6.10 Å². The molecule has 1 rings (SSSR count). The number of hydrogen-bond acceptors (Lipinski definition) is 3. The Kier molecular flexibility index (Phi) is 2.68. The molecule has 0 aromatic carbocycles. The molecule has 60 valence electrons. The molecule has 10 heavy (non-hydrogen) atoms. The van der Waals surface area contributed by atoms with E-state index in [1.54, 1.807) is 0 Å². The van der Waals surface area contributed by atoms with Crippen LogP contribution in [-0.4, -0.2) is 28.4 Å². The van der Waals surface area contributed by atoms with Gasteiger partial charge in [0.1, 0.15) is 5.01 Å². The first kappa shape index (κ1) is 8.46. The van der Waals surface area contributed by atoms with Crippen LogP contribution in [0.15, 0.2) is 0 Å². The van der Waals surface area contributed by atoms with Crippen LogP contribution in [0.2, 0.25) is 0 Å². The van der Waals surface area contributed by atoms with Crippen LogP contribution >= 0.6 is 15.9 Å². The van der Waals surface area contributed by atoms with Gasteiger partial charge in [-0.2, -0.15) is 0 Å². The summed E-state index contributed by atoms with van der Waals surface area (Å²) in [6.07, 6.45) is -0.00664. The van der Waals surface area contributed by atoms with Gasteiger partial charge in [0.25, 0.3) is 0 Å². The normalized spacial score (nSPS) is 49.2. The van der Waals surface area contributed by atoms with Gasteiger partial charge in [-0.15, -0.1) is 0 Å². The summed E-state index contributed by atoms with van der Waals surface area (Å²) in [6.45, 7) is 1.82. The number of aliphatic hydroxyl groups excluding tert-OH is 1. The Labute approximate surface area is 68.7 Å². The predicted octanol–water partition coefficient (Wildman–Crippen LogP) is 0.204. The number of rotatable bonds is 0. The molecular formula is C6H12BrNO2. The van der Waals surface area contributed by atoms with Gasteiger partial charge in [-0.05, 0) is 6.92 Å². The van der Waals surface area contributed by atoms with E-state index in [2.05, 4.69) is 15.9 Å². The van der Waals surface area contributed by atoms with E-state index in [9.17, 15) is 5.11 Å². The Morgan fingerprint density at radius 2 is 2.30 bits per heavy atom. The second-order valence-corrected chi connectivity index (χ2v) is 3.66. The average Bonchev–Trinajstić information content (AvgIpc) is 1.82. The lowest BCUT2D eigenvalue weighted by Crippen LogP contribution is -2.49. The molecular weight excluding hydrogens is 198 g/mol. The highest BCUT2D eigenvalue weighted by Gasteiger charge is 2.31. The van der Waals surface area contributed by atoms with Gasteiger partial charge >= 0.3 is 0 Å². The third kappa shape index (κ3) is 1.69. The summed E-state index contributed by atoms with van der Waals surface area (Å²) in [4.78, 5) is 0. The molecule has 0 amide bonds. The maximum atomic E-state index is 9.29. The molecule has 0 bridgehead atoms. The van der Waals surface area contributed by atoms with Gasteiger partial charge in [0, 0.05) is 12.5 Å². The number of alkyl halides is 1. The van der Waals surface area contributed by atoms with Gasteiger partial charge in [0.05, 0.1) is 12.2 Å². The van der Waals surface area contributed by atoms with Crippen molar-refractivity contribution in [3.8, 4) is 0 Å². The van der Waals surface area contributed by atoms with Gasteiger partial charge in [0.15, 0.2) is 0 Å². The molecule has 0 aromatic rings. The third-order valence-corrected chi connectivity index (χ3v) is 2.33. The van der Waals surface area contributed by atoms with Crippen LogP contribution in [0.25, 0.3) is 0 Å². The van der Waals surface area contributed by atoms with Gasteiger partial charge in [-0.3, -0.25) is 0 Å². The first-order valence-electron chi connectivity index (χ1n) is 3.34. The summed E-state index contributed by atoms with van der Waals surface area (Å²) in [6, 6.07) is -0.159. The Morgan fingerprint density at radius 3 is 2.80 bits per heavy atom. The number of ether oxygens (including phenoxy) is 1. The van der Waals surface area contributed by atoms with Gasteiger partial charge in [-0.25, -0.2) is 0 Å². The van der Waals surface area contributed by atoms with Crippen molar-refractivity contribution in [3.05, 3.63) is 0 Å². The fourth-order valence-corrected chi connectivity index (χ4v) is 1.84. The van der Waals surface area contributed by atoms with E-state index in [0.717, 1.165) is 0 Å². The van der Waals surface area contributed by atoms with Crippen molar-refractivity contribution >= 4 is 15.9 Å². The Hall–Kier alpha value is 0.360. The SMILES string of the molecule is CC1OC(Br)CC(N)C1O. The molecule has 0 spiro atoms. The van der Waals surface area contributed by atoms with E-state index in [1.165, 1.54) is 0 Å². The highest BCUT2D eigenvalue weighted by Crippen LogP contribution is 2.22. The van der Waals surface area contributed by atoms with Crippen molar-refractivity contribution in [2.24, 2.45) is 5.73 Å². The monoisotopic (exact) mass is 209 g/mol. The van der Waals surface area contributed by atoms with Gasteiger partial charge < -0.3 is 15.6 Å². The molecule has 4 unspecified atom stereocenters. The van der Waals surface area contributed by atoms with Gasteiger partial charge in [0.2, 0.25) is 0 Å². The molecule has 0 radical (unpaired) electrons. The minimum Gasteiger partial charge on any atom is -0.389 e. The van der Waals surface area contributed by atoms with Crippen LogP contribution in [0.3, 0.4) is 0 Å². The standard InChI is InChI=1S/C6H12BrNO2/c1-3-6(9)4(8)2-5(7)10-3/h3-6,9H,2,8H2,1H3. The van der Waals surface area contributed by atoms with Crippen molar-refractivity contribution in [1.29, 1.82) is 0 Å². The average molecular weight is 210 g/mol. The van der Waals surface area contributed by atoms with Crippen LogP contribution in [0.4, 0.5) is 0 Å². The Morgan fingerprint density at radius 1 is 1.70 bits per heavy atom. The van der Waals surface area contributed by atoms with Gasteiger partial charge in [-0.1, -0.05) is 15.9 Å². The molecule has 3 nitrogen and oxygen atoms in total. The zero-order valence-corrected chi connectivity index (χ0v) is 7.41. The van der Waals surface area contributed by atoms with Crippen LogP contribution in [-0.2, 0) is 4.74 Å². The topological polar surface area (TPSA) is 55.5 Å². The highest BCUT2D eigenvalue weighted by molar-refractivity contribution is 9.09. The van der Waals surface area contributed by atoms with E-state index in [0.29, 0.717) is 6.42 Å². The summed E-state index contributed by atoms with van der Waals surface area (Å²) in [5.74, 6) is 0. The number of aliphatic hydroxyl groups is 1. The highest BCUT2D eigenvalue weighted by atomic mass is 79.9. The van der Waals surface area contributed by atoms with Crippen LogP contribution in [0.1, 0.15) is 13.3 Å². The fraction of sp³-hybridized carbons (Fsp3) is 1.00. The summed E-state index contributed by atoms with van der Waals surface area (Å²) in [5.41, 5.74) is 5.60. The number of nitrogens with two attached hydrogens (primary N) is 1. The largest absolute Gasteiger partial charge is 0.389 e. The van der Waals surface area contributed by atoms with Crippen LogP contribution in [0, 0.1) is 0 Å². The smallest absolute Gasteiger partial charge is 0.114 e. The van der Waals surface area contributed by atoms with E-state index in [4.69, 9.17) is 10.5 Å². The van der Waals surface area contributed by atoms with Crippen molar-refractivity contribution in [2.75, 3.05) is 0 Å². The molecule has 0 aliphatic carbocycles. The van der Waals surface area contributed by atoms with Crippen molar-refractivity contribution in [1.82, 2.24) is 0 Å². The maximum Gasteiger partial charge on any atom is 0.114 e. The van der Waals surface area contributed by atoms with Crippen LogP contribution in [0.5, 0.6) is 0 Å². The molecule has 1 aliphatic heterocycles. The van der Waals surface area contributed by atoms with E-state index in [-0.39, 0.29) is 17.2 Å². The molecule has 1 saturated heterocycles. The maximum absolute atomic E-state index is 9.29. The molecule has 1 fully saturated rings. The summed E-state index contributed by atoms with van der Waals surface area (Å²) < 4.78 is 5.26. The predicted molar refractivity (Wildman–Crippen MR) is 41.9 cm³/mol. The molecule has 1 aliphatic rings. The third-order valence-electron chi connectivity index (χ3n) is 1.74. The molecule has 0 aromatic heterocycles. The minimum absolute atomic E-state index is 0.000833. The summed E-state index contributed by atoms with van der Waals surface area (Å²) >= 11 is 3.28. The minimum atomic E-state index is -0.520. The Bertz CT molecular complexity index is 110. The van der Waals surface area contributed by atoms with E-state index in [1.807, 2.05) is 6.92 Å². The van der Waals surface area contributed by atoms with Crippen molar-refractivity contribution in [2.45, 2.75) is 36.6 Å². The molecule has 0 saturated carbocycles. The molecule has 3 N–H and O–H groups in total. The first-order chi connectivity index (χ1) is 4.61. The quantitative estimate of drug-likeness (QED) is 0.561. The van der Waals surface area contributed by atoms with Crippen LogP contribution < -0.4 is 5.73 Å². The zero-order chi connectivity index (χ0) is 7.72. The molecule has 4 atom stereocenters. The molecule has 1 heterocycles. The van der Waals surface area contributed by atoms with Crippen molar-refractivity contribution < 1.29 is 9.84 Å². The number of halogens is 1. The first-order valence-corrected chi connectivity index (χ1v) is 4.26. The lowest BCUT2D eigenvalue weighted by Gasteiger charge is -2.33. The second-order valence-electron chi connectivity index (χ2n) is 2.64. The Balaban J connectivity index is 2.49. The lowest BCUT2D eigenvalue weighted by molar-refractivity contribution is -0.0844. The lowest BCUT2D eigenvalue weighted by atomic mass is 10.0. The number of hydrogen-bond donors (Lipinski definition) is 2. The van der Waals surface area contributed by atoms with E-state index >= 15 is 0 Å². The fourth-order valence-electron chi connectivity index (χ4n) is 1.07. The zero-order valence-electron chi connectivity index (χ0n) is 5.83. The summed E-state index contributed by atoms with van der Waals surface area (Å²) in [7, 11) is 0. The molecule has 4 heteroatoms. The summed E-state index contributed by atoms with van der Waals surface area (Å²) in [5, 5.41) is 9.29. The van der Waals surface area contributed by atoms with Crippen molar-refractivity contribution in [3.63, 3.8) is 0 Å². The second kappa shape index (κ2) is 3.17.